The summed E-state index contributed by atoms with van der Waals surface area (Å²) < 4.78 is 6.49. The number of nitrogens with one attached hydrogen (secondary N) is 1. The highest BCUT2D eigenvalue weighted by molar-refractivity contribution is 9.10. The van der Waals surface area contributed by atoms with Gasteiger partial charge >= 0.3 is 0 Å². The van der Waals surface area contributed by atoms with Crippen molar-refractivity contribution >= 4 is 21.6 Å². The zero-order chi connectivity index (χ0) is 14.5. The number of hydrogen-bond donors (Lipinski definition) is 1. The number of likely N-dealkylation sites (N-methyl/N-ethyl adjacent to an activating group) is 1. The molecular weight excluding hydrogens is 328 g/mol. The van der Waals surface area contributed by atoms with Crippen LogP contribution in [0.4, 0.5) is 5.69 Å². The smallest absolute Gasteiger partial charge is 0.283 e. The standard InChI is InChI=1S/C11H15BrN6O2/c1-17(2)3-4-18-11(19)10(12)8(5-15-18)13-6-9-14-7-20-16-9/h5,7,13H,3-4,6H2,1-2H3. The number of hydrogen-bond acceptors (Lipinski definition) is 7. The monoisotopic (exact) mass is 342 g/mol. The van der Waals surface area contributed by atoms with Crippen LogP contribution in [0.2, 0.25) is 0 Å². The van der Waals surface area contributed by atoms with E-state index in [2.05, 4.69) is 41.0 Å². The fraction of sp³-hybridized carbons (Fsp3) is 0.455. The van der Waals surface area contributed by atoms with Crippen molar-refractivity contribution in [2.45, 2.75) is 13.1 Å². The molecule has 0 fully saturated rings. The molecule has 2 heterocycles. The average molecular weight is 343 g/mol. The van der Waals surface area contributed by atoms with E-state index >= 15 is 0 Å². The summed E-state index contributed by atoms with van der Waals surface area (Å²) in [6, 6.07) is 0. The molecule has 0 unspecified atom stereocenters. The maximum atomic E-state index is 12.1. The maximum Gasteiger partial charge on any atom is 0.283 e. The lowest BCUT2D eigenvalue weighted by Crippen LogP contribution is -2.29. The quantitative estimate of drug-likeness (QED) is 0.820. The van der Waals surface area contributed by atoms with Crippen LogP contribution in [0.25, 0.3) is 0 Å². The highest BCUT2D eigenvalue weighted by Crippen LogP contribution is 2.16. The van der Waals surface area contributed by atoms with Crippen LogP contribution < -0.4 is 10.9 Å². The zero-order valence-corrected chi connectivity index (χ0v) is 12.8. The molecule has 0 aliphatic rings. The molecule has 2 aromatic heterocycles. The van der Waals surface area contributed by atoms with Gasteiger partial charge in [0.2, 0.25) is 6.39 Å². The SMILES string of the molecule is CN(C)CCn1ncc(NCc2ncon2)c(Br)c1=O. The second-order valence-corrected chi connectivity index (χ2v) is 5.20. The van der Waals surface area contributed by atoms with Crippen LogP contribution in [0.3, 0.4) is 0 Å². The Hall–Kier alpha value is -1.74. The number of anilines is 1. The summed E-state index contributed by atoms with van der Waals surface area (Å²) in [6.45, 7) is 1.64. The molecule has 1 N–H and O–H groups in total. The lowest BCUT2D eigenvalue weighted by atomic mass is 10.4. The van der Waals surface area contributed by atoms with Crippen LogP contribution in [-0.4, -0.2) is 45.5 Å². The summed E-state index contributed by atoms with van der Waals surface area (Å²) in [6.07, 6.45) is 2.85. The van der Waals surface area contributed by atoms with E-state index in [0.717, 1.165) is 6.54 Å². The fourth-order valence-corrected chi connectivity index (χ4v) is 1.93. The Labute approximate surface area is 123 Å². The van der Waals surface area contributed by atoms with E-state index in [4.69, 9.17) is 0 Å². The van der Waals surface area contributed by atoms with Gasteiger partial charge in [0.25, 0.3) is 5.56 Å². The Balaban J connectivity index is 2.08. The minimum atomic E-state index is -0.176. The summed E-state index contributed by atoms with van der Waals surface area (Å²) >= 11 is 3.29. The van der Waals surface area contributed by atoms with Crippen molar-refractivity contribution < 1.29 is 4.52 Å². The van der Waals surface area contributed by atoms with Gasteiger partial charge in [-0.1, -0.05) is 5.16 Å². The number of rotatable bonds is 6. The summed E-state index contributed by atoms with van der Waals surface area (Å²) in [7, 11) is 3.89. The highest BCUT2D eigenvalue weighted by Gasteiger charge is 2.09. The molecule has 2 aromatic rings. The van der Waals surface area contributed by atoms with Crippen LogP contribution in [0.1, 0.15) is 5.82 Å². The number of halogens is 1. The minimum absolute atomic E-state index is 0.176. The number of aromatic nitrogens is 4. The molecule has 0 bridgehead atoms. The molecule has 0 radical (unpaired) electrons. The van der Waals surface area contributed by atoms with Gasteiger partial charge in [-0.25, -0.2) is 4.68 Å². The van der Waals surface area contributed by atoms with Crippen molar-refractivity contribution in [1.29, 1.82) is 0 Å². The van der Waals surface area contributed by atoms with Crippen LogP contribution in [0.15, 0.2) is 26.4 Å². The van der Waals surface area contributed by atoms with Crippen molar-refractivity contribution in [3.63, 3.8) is 0 Å². The second-order valence-electron chi connectivity index (χ2n) is 4.40. The van der Waals surface area contributed by atoms with Gasteiger partial charge < -0.3 is 14.7 Å². The van der Waals surface area contributed by atoms with Gasteiger partial charge in [-0.15, -0.1) is 0 Å². The topological polar surface area (TPSA) is 89.1 Å². The first-order chi connectivity index (χ1) is 9.58. The van der Waals surface area contributed by atoms with Gasteiger partial charge in [-0.05, 0) is 30.0 Å². The van der Waals surface area contributed by atoms with E-state index in [1.807, 2.05) is 19.0 Å². The van der Waals surface area contributed by atoms with Gasteiger partial charge in [0.1, 0.15) is 4.47 Å². The predicted molar refractivity (Wildman–Crippen MR) is 76.4 cm³/mol. The Bertz CT molecular complexity index is 610. The minimum Gasteiger partial charge on any atom is -0.375 e. The summed E-state index contributed by atoms with van der Waals surface area (Å²) in [5.41, 5.74) is 0.422. The summed E-state index contributed by atoms with van der Waals surface area (Å²) in [5.74, 6) is 0.508. The van der Waals surface area contributed by atoms with Gasteiger partial charge in [0.15, 0.2) is 5.82 Å². The van der Waals surface area contributed by atoms with Crippen LogP contribution in [-0.2, 0) is 13.1 Å². The predicted octanol–water partition coefficient (Wildman–Crippen LogP) is 0.562. The van der Waals surface area contributed by atoms with E-state index in [1.54, 1.807) is 6.20 Å². The van der Waals surface area contributed by atoms with E-state index in [0.29, 0.717) is 29.1 Å². The van der Waals surface area contributed by atoms with Gasteiger partial charge in [-0.2, -0.15) is 10.1 Å². The second kappa shape index (κ2) is 6.62. The zero-order valence-electron chi connectivity index (χ0n) is 11.2. The molecule has 0 spiro atoms. The largest absolute Gasteiger partial charge is 0.375 e. The van der Waals surface area contributed by atoms with Gasteiger partial charge in [-0.3, -0.25) is 4.79 Å². The summed E-state index contributed by atoms with van der Waals surface area (Å²) in [5, 5.41) is 10.8. The molecule has 9 heteroatoms. The third-order valence-electron chi connectivity index (χ3n) is 2.59. The molecule has 20 heavy (non-hydrogen) atoms. The first-order valence-corrected chi connectivity index (χ1v) is 6.76. The van der Waals surface area contributed by atoms with Gasteiger partial charge in [0, 0.05) is 6.54 Å². The number of nitrogens with zero attached hydrogens (tertiary/aromatic N) is 5. The Morgan fingerprint density at radius 1 is 1.50 bits per heavy atom. The molecule has 2 rings (SSSR count). The fourth-order valence-electron chi connectivity index (χ4n) is 1.49. The Morgan fingerprint density at radius 2 is 2.30 bits per heavy atom. The van der Waals surface area contributed by atoms with E-state index < -0.39 is 0 Å². The van der Waals surface area contributed by atoms with Crippen LogP contribution >= 0.6 is 15.9 Å². The van der Waals surface area contributed by atoms with E-state index in [9.17, 15) is 4.79 Å². The van der Waals surface area contributed by atoms with Crippen molar-refractivity contribution in [3.05, 3.63) is 33.2 Å². The lowest BCUT2D eigenvalue weighted by molar-refractivity contribution is 0.367. The summed E-state index contributed by atoms with van der Waals surface area (Å²) in [4.78, 5) is 18.0. The van der Waals surface area contributed by atoms with Crippen molar-refractivity contribution in [2.75, 3.05) is 26.0 Å². The maximum absolute atomic E-state index is 12.1. The molecular formula is C11H15BrN6O2. The van der Waals surface area contributed by atoms with E-state index in [1.165, 1.54) is 11.1 Å². The molecule has 0 saturated carbocycles. The van der Waals surface area contributed by atoms with Crippen molar-refractivity contribution in [3.8, 4) is 0 Å². The third kappa shape index (κ3) is 3.64. The molecule has 108 valence electrons. The molecule has 8 nitrogen and oxygen atoms in total. The van der Waals surface area contributed by atoms with Crippen LogP contribution in [0, 0.1) is 0 Å². The van der Waals surface area contributed by atoms with Crippen molar-refractivity contribution in [1.82, 2.24) is 24.8 Å². The molecule has 0 atom stereocenters. The van der Waals surface area contributed by atoms with Gasteiger partial charge in [0.05, 0.1) is 25.0 Å². The Kier molecular flexibility index (Phi) is 4.85. The molecule has 0 aliphatic heterocycles. The highest BCUT2D eigenvalue weighted by atomic mass is 79.9. The first kappa shape index (κ1) is 14.7. The lowest BCUT2D eigenvalue weighted by Gasteiger charge is -2.12. The first-order valence-electron chi connectivity index (χ1n) is 5.97. The molecule has 0 amide bonds. The molecule has 0 saturated heterocycles. The van der Waals surface area contributed by atoms with E-state index in [-0.39, 0.29) is 5.56 Å². The van der Waals surface area contributed by atoms with Crippen LogP contribution in [0.5, 0.6) is 0 Å². The third-order valence-corrected chi connectivity index (χ3v) is 3.35. The average Bonchev–Trinajstić information content (AvgIpc) is 2.92. The Morgan fingerprint density at radius 3 is 2.95 bits per heavy atom. The molecule has 0 aliphatic carbocycles. The molecule has 0 aromatic carbocycles. The normalized spacial score (nSPS) is 11.0. The van der Waals surface area contributed by atoms with Crippen molar-refractivity contribution in [2.24, 2.45) is 0 Å².